The van der Waals surface area contributed by atoms with Gasteiger partial charge in [-0.2, -0.15) is 0 Å². The lowest BCUT2D eigenvalue weighted by Crippen LogP contribution is -2.35. The van der Waals surface area contributed by atoms with Crippen LogP contribution in [0.3, 0.4) is 0 Å². The van der Waals surface area contributed by atoms with E-state index in [9.17, 15) is 0 Å². The minimum Gasteiger partial charge on any atom is -0.491 e. The normalized spacial score (nSPS) is 22.3. The van der Waals surface area contributed by atoms with Gasteiger partial charge in [0.15, 0.2) is 0 Å². The molecule has 0 spiro atoms. The standard InChI is InChI=1S/C23H28ClNO3/c1-23(17-28-23)16-27-22-8-6-21(7-9-22)25-12-10-19(11-13-25)15-26-14-18-2-4-20(24)5-3-18/h2-9,19H,10-17H2,1H3. The monoisotopic (exact) mass is 401 g/mol. The number of epoxide rings is 1. The number of halogens is 1. The molecule has 2 aromatic rings. The van der Waals surface area contributed by atoms with E-state index in [4.69, 9.17) is 25.8 Å². The van der Waals surface area contributed by atoms with E-state index in [1.807, 2.05) is 24.3 Å². The van der Waals surface area contributed by atoms with Crippen molar-refractivity contribution in [3.8, 4) is 5.75 Å². The summed E-state index contributed by atoms with van der Waals surface area (Å²) in [6.45, 7) is 7.11. The molecule has 4 nitrogen and oxygen atoms in total. The molecule has 4 rings (SSSR count). The molecule has 2 heterocycles. The first-order valence-corrected chi connectivity index (χ1v) is 10.4. The van der Waals surface area contributed by atoms with E-state index < -0.39 is 0 Å². The highest BCUT2D eigenvalue weighted by Gasteiger charge is 2.40. The number of nitrogens with zero attached hydrogens (tertiary/aromatic N) is 1. The van der Waals surface area contributed by atoms with Crippen LogP contribution in [0.25, 0.3) is 0 Å². The van der Waals surface area contributed by atoms with E-state index in [0.29, 0.717) is 19.1 Å². The second kappa shape index (κ2) is 8.73. The number of anilines is 1. The minimum absolute atomic E-state index is 0.0732. The molecular weight excluding hydrogens is 374 g/mol. The lowest BCUT2D eigenvalue weighted by Gasteiger charge is -2.33. The van der Waals surface area contributed by atoms with Gasteiger partial charge in [-0.3, -0.25) is 0 Å². The van der Waals surface area contributed by atoms with Crippen LogP contribution in [0.4, 0.5) is 5.69 Å². The molecule has 0 saturated carbocycles. The van der Waals surface area contributed by atoms with Gasteiger partial charge in [0.1, 0.15) is 18.0 Å². The molecule has 2 saturated heterocycles. The SMILES string of the molecule is CC1(COc2ccc(N3CCC(COCc4ccc(Cl)cc4)CC3)cc2)CO1. The van der Waals surface area contributed by atoms with Gasteiger partial charge in [-0.15, -0.1) is 0 Å². The maximum Gasteiger partial charge on any atom is 0.123 e. The fraction of sp³-hybridized carbons (Fsp3) is 0.478. The number of hydrogen-bond donors (Lipinski definition) is 0. The zero-order valence-corrected chi connectivity index (χ0v) is 17.2. The zero-order chi connectivity index (χ0) is 19.4. The molecule has 0 radical (unpaired) electrons. The largest absolute Gasteiger partial charge is 0.491 e. The van der Waals surface area contributed by atoms with Crippen LogP contribution in [-0.4, -0.2) is 38.5 Å². The second-order valence-electron chi connectivity index (χ2n) is 8.09. The summed E-state index contributed by atoms with van der Waals surface area (Å²) in [7, 11) is 0. The van der Waals surface area contributed by atoms with Crippen LogP contribution in [0.15, 0.2) is 48.5 Å². The smallest absolute Gasteiger partial charge is 0.123 e. The highest BCUT2D eigenvalue weighted by atomic mass is 35.5. The third kappa shape index (κ3) is 5.40. The van der Waals surface area contributed by atoms with Gasteiger partial charge in [0.05, 0.1) is 13.2 Å². The molecule has 1 atom stereocenters. The Morgan fingerprint density at radius 1 is 1.07 bits per heavy atom. The van der Waals surface area contributed by atoms with Crippen LogP contribution in [0.2, 0.25) is 5.02 Å². The molecule has 0 amide bonds. The number of piperidine rings is 1. The van der Waals surface area contributed by atoms with E-state index in [2.05, 4.69) is 36.1 Å². The molecule has 2 aliphatic rings. The molecular formula is C23H28ClNO3. The first-order valence-electron chi connectivity index (χ1n) is 10.0. The van der Waals surface area contributed by atoms with Crippen LogP contribution in [-0.2, 0) is 16.1 Å². The van der Waals surface area contributed by atoms with Gasteiger partial charge >= 0.3 is 0 Å². The fourth-order valence-corrected chi connectivity index (χ4v) is 3.60. The summed E-state index contributed by atoms with van der Waals surface area (Å²) < 4.78 is 17.1. The predicted octanol–water partition coefficient (Wildman–Crippen LogP) is 4.94. The van der Waals surface area contributed by atoms with Gasteiger partial charge in [0, 0.05) is 30.4 Å². The summed E-state index contributed by atoms with van der Waals surface area (Å²) >= 11 is 5.92. The Hall–Kier alpha value is -1.75. The van der Waals surface area contributed by atoms with Gasteiger partial charge in [-0.25, -0.2) is 0 Å². The predicted molar refractivity (Wildman–Crippen MR) is 112 cm³/mol. The van der Waals surface area contributed by atoms with E-state index in [-0.39, 0.29) is 5.60 Å². The van der Waals surface area contributed by atoms with E-state index in [1.54, 1.807) is 0 Å². The first kappa shape index (κ1) is 19.6. The highest BCUT2D eigenvalue weighted by molar-refractivity contribution is 6.30. The Bertz CT molecular complexity index is 750. The van der Waals surface area contributed by atoms with Gasteiger partial charge in [-0.1, -0.05) is 23.7 Å². The maximum atomic E-state index is 5.93. The third-order valence-corrected chi connectivity index (χ3v) is 5.79. The molecule has 28 heavy (non-hydrogen) atoms. The summed E-state index contributed by atoms with van der Waals surface area (Å²) in [5.41, 5.74) is 2.36. The van der Waals surface area contributed by atoms with Crippen molar-refractivity contribution >= 4 is 17.3 Å². The summed E-state index contributed by atoms with van der Waals surface area (Å²) in [6, 6.07) is 16.3. The first-order chi connectivity index (χ1) is 13.6. The van der Waals surface area contributed by atoms with Crippen molar-refractivity contribution < 1.29 is 14.2 Å². The quantitative estimate of drug-likeness (QED) is 0.586. The van der Waals surface area contributed by atoms with Crippen LogP contribution < -0.4 is 9.64 Å². The van der Waals surface area contributed by atoms with Crippen LogP contribution >= 0.6 is 11.6 Å². The molecule has 0 bridgehead atoms. The van der Waals surface area contributed by atoms with E-state index >= 15 is 0 Å². The molecule has 0 aromatic heterocycles. The molecule has 1 unspecified atom stereocenters. The van der Waals surface area contributed by atoms with Crippen LogP contribution in [0.1, 0.15) is 25.3 Å². The molecule has 2 aliphatic heterocycles. The second-order valence-corrected chi connectivity index (χ2v) is 8.53. The van der Waals surface area contributed by atoms with Crippen molar-refractivity contribution in [2.75, 3.05) is 37.8 Å². The minimum atomic E-state index is -0.0732. The Labute approximate surface area is 172 Å². The Kier molecular flexibility index (Phi) is 6.10. The third-order valence-electron chi connectivity index (χ3n) is 5.53. The zero-order valence-electron chi connectivity index (χ0n) is 16.4. The Morgan fingerprint density at radius 3 is 2.39 bits per heavy atom. The van der Waals surface area contributed by atoms with Gasteiger partial charge in [0.2, 0.25) is 0 Å². The van der Waals surface area contributed by atoms with Crippen LogP contribution in [0, 0.1) is 5.92 Å². The lowest BCUT2D eigenvalue weighted by atomic mass is 9.97. The van der Waals surface area contributed by atoms with Crippen molar-refractivity contribution in [2.45, 2.75) is 32.0 Å². The molecule has 2 fully saturated rings. The number of benzene rings is 2. The number of ether oxygens (including phenoxy) is 3. The topological polar surface area (TPSA) is 34.2 Å². The van der Waals surface area contributed by atoms with E-state index in [0.717, 1.165) is 49.9 Å². The van der Waals surface area contributed by atoms with Gasteiger partial charge < -0.3 is 19.1 Å². The Morgan fingerprint density at radius 2 is 1.75 bits per heavy atom. The molecule has 5 heteroatoms. The van der Waals surface area contributed by atoms with Crippen molar-refractivity contribution in [3.05, 3.63) is 59.1 Å². The van der Waals surface area contributed by atoms with Crippen molar-refractivity contribution in [1.29, 1.82) is 0 Å². The fourth-order valence-electron chi connectivity index (χ4n) is 3.48. The van der Waals surface area contributed by atoms with Gasteiger partial charge in [-0.05, 0) is 67.6 Å². The maximum absolute atomic E-state index is 5.93. The Balaban J connectivity index is 1.17. The van der Waals surface area contributed by atoms with Crippen molar-refractivity contribution in [3.63, 3.8) is 0 Å². The van der Waals surface area contributed by atoms with Crippen molar-refractivity contribution in [2.24, 2.45) is 5.92 Å². The summed E-state index contributed by atoms with van der Waals surface area (Å²) in [4.78, 5) is 2.45. The number of hydrogen-bond acceptors (Lipinski definition) is 4. The highest BCUT2D eigenvalue weighted by Crippen LogP contribution is 2.29. The average Bonchev–Trinajstić information content (AvgIpc) is 3.47. The average molecular weight is 402 g/mol. The lowest BCUT2D eigenvalue weighted by molar-refractivity contribution is 0.0786. The van der Waals surface area contributed by atoms with Gasteiger partial charge in [0.25, 0.3) is 0 Å². The molecule has 2 aromatic carbocycles. The summed E-state index contributed by atoms with van der Waals surface area (Å²) in [5.74, 6) is 1.54. The number of rotatable bonds is 8. The summed E-state index contributed by atoms with van der Waals surface area (Å²) in [5, 5.41) is 0.766. The van der Waals surface area contributed by atoms with Crippen LogP contribution in [0.5, 0.6) is 5.75 Å². The summed E-state index contributed by atoms with van der Waals surface area (Å²) in [6.07, 6.45) is 2.32. The van der Waals surface area contributed by atoms with E-state index in [1.165, 1.54) is 11.3 Å². The van der Waals surface area contributed by atoms with Crippen molar-refractivity contribution in [1.82, 2.24) is 0 Å². The molecule has 0 N–H and O–H groups in total. The molecule has 150 valence electrons. The molecule has 0 aliphatic carbocycles.